The number of carboxylic acids is 1. The molecule has 0 aliphatic carbocycles. The van der Waals surface area contributed by atoms with Crippen molar-refractivity contribution in [1.82, 2.24) is 5.32 Å². The lowest BCUT2D eigenvalue weighted by atomic mass is 10.0. The quantitative estimate of drug-likeness (QED) is 0.865. The van der Waals surface area contributed by atoms with Crippen molar-refractivity contribution in [3.63, 3.8) is 0 Å². The van der Waals surface area contributed by atoms with Crippen molar-refractivity contribution in [2.75, 3.05) is 7.05 Å². The standard InChI is InChI=1S/C15H17NO3/c1-10(15(17)18)19-14-8-7-11-5-3-4-6-12(11)13(14)9-16-2/h3-8,10,16H,9H2,1-2H3,(H,17,18). The van der Waals surface area contributed by atoms with Gasteiger partial charge in [-0.3, -0.25) is 0 Å². The number of aliphatic carboxylic acids is 1. The Morgan fingerprint density at radius 3 is 2.74 bits per heavy atom. The minimum atomic E-state index is -0.969. The van der Waals surface area contributed by atoms with E-state index in [0.717, 1.165) is 16.3 Å². The van der Waals surface area contributed by atoms with Crippen LogP contribution in [0.4, 0.5) is 0 Å². The highest BCUT2D eigenvalue weighted by atomic mass is 16.5. The largest absolute Gasteiger partial charge is 0.479 e. The zero-order chi connectivity index (χ0) is 13.8. The minimum absolute atomic E-state index is 0.614. The number of fused-ring (bicyclic) bond motifs is 1. The molecule has 0 aliphatic heterocycles. The van der Waals surface area contributed by atoms with Crippen molar-refractivity contribution in [3.05, 3.63) is 42.0 Å². The lowest BCUT2D eigenvalue weighted by Gasteiger charge is -2.16. The molecule has 0 spiro atoms. The van der Waals surface area contributed by atoms with Gasteiger partial charge in [0.25, 0.3) is 0 Å². The number of carboxylic acid groups (broad SMARTS) is 1. The summed E-state index contributed by atoms with van der Waals surface area (Å²) >= 11 is 0. The third-order valence-corrected chi connectivity index (χ3v) is 3.00. The fourth-order valence-corrected chi connectivity index (χ4v) is 2.03. The van der Waals surface area contributed by atoms with Crippen molar-refractivity contribution in [2.24, 2.45) is 0 Å². The molecule has 0 radical (unpaired) electrons. The van der Waals surface area contributed by atoms with Gasteiger partial charge in [-0.1, -0.05) is 30.3 Å². The molecule has 2 aromatic rings. The number of nitrogens with one attached hydrogen (secondary N) is 1. The third-order valence-electron chi connectivity index (χ3n) is 3.00. The number of hydrogen-bond donors (Lipinski definition) is 2. The van der Waals surface area contributed by atoms with Gasteiger partial charge < -0.3 is 15.2 Å². The molecule has 4 heteroatoms. The van der Waals surface area contributed by atoms with Gasteiger partial charge in [0.2, 0.25) is 0 Å². The van der Waals surface area contributed by atoms with E-state index in [4.69, 9.17) is 9.84 Å². The van der Waals surface area contributed by atoms with E-state index < -0.39 is 12.1 Å². The van der Waals surface area contributed by atoms with Crippen LogP contribution < -0.4 is 10.1 Å². The van der Waals surface area contributed by atoms with E-state index in [1.165, 1.54) is 6.92 Å². The van der Waals surface area contributed by atoms with Crippen LogP contribution in [0.15, 0.2) is 36.4 Å². The smallest absolute Gasteiger partial charge is 0.344 e. The van der Waals surface area contributed by atoms with Gasteiger partial charge >= 0.3 is 5.97 Å². The molecule has 2 rings (SSSR count). The van der Waals surface area contributed by atoms with Crippen LogP contribution in [0, 0.1) is 0 Å². The predicted octanol–water partition coefficient (Wildman–Crippen LogP) is 2.41. The van der Waals surface area contributed by atoms with Crippen molar-refractivity contribution in [2.45, 2.75) is 19.6 Å². The van der Waals surface area contributed by atoms with Gasteiger partial charge in [0.1, 0.15) is 5.75 Å². The average molecular weight is 259 g/mol. The maximum atomic E-state index is 10.9. The second kappa shape index (κ2) is 5.71. The van der Waals surface area contributed by atoms with E-state index in [-0.39, 0.29) is 0 Å². The molecule has 4 nitrogen and oxygen atoms in total. The van der Waals surface area contributed by atoms with E-state index in [1.54, 1.807) is 0 Å². The number of ether oxygens (including phenoxy) is 1. The Morgan fingerprint density at radius 1 is 1.32 bits per heavy atom. The third kappa shape index (κ3) is 2.85. The Kier molecular flexibility index (Phi) is 4.02. The molecular weight excluding hydrogens is 242 g/mol. The number of carbonyl (C=O) groups is 1. The van der Waals surface area contributed by atoms with Crippen molar-refractivity contribution in [1.29, 1.82) is 0 Å². The summed E-state index contributed by atoms with van der Waals surface area (Å²) in [7, 11) is 1.85. The van der Waals surface area contributed by atoms with Crippen molar-refractivity contribution in [3.8, 4) is 5.75 Å². The van der Waals surface area contributed by atoms with Crippen LogP contribution in [0.25, 0.3) is 10.8 Å². The summed E-state index contributed by atoms with van der Waals surface area (Å²) in [4.78, 5) is 10.9. The first-order valence-corrected chi connectivity index (χ1v) is 6.18. The van der Waals surface area contributed by atoms with E-state index in [9.17, 15) is 4.79 Å². The Morgan fingerprint density at radius 2 is 2.05 bits per heavy atom. The van der Waals surface area contributed by atoms with E-state index in [2.05, 4.69) is 5.32 Å². The highest BCUT2D eigenvalue weighted by Crippen LogP contribution is 2.28. The van der Waals surface area contributed by atoms with Gasteiger partial charge in [-0.05, 0) is 30.8 Å². The summed E-state index contributed by atoms with van der Waals surface area (Å²) in [6, 6.07) is 11.8. The summed E-state index contributed by atoms with van der Waals surface area (Å²) in [5.74, 6) is -0.355. The Bertz CT molecular complexity index is 595. The fourth-order valence-electron chi connectivity index (χ4n) is 2.03. The van der Waals surface area contributed by atoms with E-state index in [1.807, 2.05) is 43.4 Å². The molecule has 0 fully saturated rings. The zero-order valence-electron chi connectivity index (χ0n) is 11.0. The first-order valence-electron chi connectivity index (χ1n) is 6.18. The van der Waals surface area contributed by atoms with Gasteiger partial charge in [-0.2, -0.15) is 0 Å². The summed E-state index contributed by atoms with van der Waals surface area (Å²) < 4.78 is 5.53. The van der Waals surface area contributed by atoms with Crippen LogP contribution in [0.5, 0.6) is 5.75 Å². The molecule has 2 aromatic carbocycles. The number of rotatable bonds is 5. The second-order valence-electron chi connectivity index (χ2n) is 4.39. The Hall–Kier alpha value is -2.07. The molecule has 1 unspecified atom stereocenters. The number of benzene rings is 2. The first-order chi connectivity index (χ1) is 9.13. The molecule has 19 heavy (non-hydrogen) atoms. The van der Waals surface area contributed by atoms with Gasteiger partial charge in [-0.15, -0.1) is 0 Å². The lowest BCUT2D eigenvalue weighted by Crippen LogP contribution is -2.24. The van der Waals surface area contributed by atoms with Crippen LogP contribution in [0.1, 0.15) is 12.5 Å². The first kappa shape index (κ1) is 13.4. The molecule has 100 valence electrons. The highest BCUT2D eigenvalue weighted by molar-refractivity contribution is 5.88. The molecule has 0 saturated carbocycles. The SMILES string of the molecule is CNCc1c(OC(C)C(=O)O)ccc2ccccc12. The monoisotopic (exact) mass is 259 g/mol. The molecule has 1 atom stereocenters. The molecule has 0 heterocycles. The normalized spacial score (nSPS) is 12.3. The lowest BCUT2D eigenvalue weighted by molar-refractivity contribution is -0.144. The van der Waals surface area contributed by atoms with Crippen LogP contribution in [-0.2, 0) is 11.3 Å². The summed E-state index contributed by atoms with van der Waals surface area (Å²) in [5.41, 5.74) is 0.980. The molecule has 0 bridgehead atoms. The zero-order valence-corrected chi connectivity index (χ0v) is 11.0. The molecule has 0 amide bonds. The average Bonchev–Trinajstić information content (AvgIpc) is 2.41. The van der Waals surface area contributed by atoms with E-state index in [0.29, 0.717) is 12.3 Å². The van der Waals surface area contributed by atoms with Crippen molar-refractivity contribution >= 4 is 16.7 Å². The van der Waals surface area contributed by atoms with Crippen LogP contribution in [0.3, 0.4) is 0 Å². The second-order valence-corrected chi connectivity index (χ2v) is 4.39. The van der Waals surface area contributed by atoms with E-state index >= 15 is 0 Å². The minimum Gasteiger partial charge on any atom is -0.479 e. The molecule has 0 saturated heterocycles. The van der Waals surface area contributed by atoms with Crippen LogP contribution >= 0.6 is 0 Å². The van der Waals surface area contributed by atoms with Gasteiger partial charge in [0, 0.05) is 12.1 Å². The number of hydrogen-bond acceptors (Lipinski definition) is 3. The molecular formula is C15H17NO3. The molecule has 0 aromatic heterocycles. The van der Waals surface area contributed by atoms with Crippen LogP contribution in [0.2, 0.25) is 0 Å². The van der Waals surface area contributed by atoms with Gasteiger partial charge in [0.15, 0.2) is 6.10 Å². The van der Waals surface area contributed by atoms with Crippen molar-refractivity contribution < 1.29 is 14.6 Å². The summed E-state index contributed by atoms with van der Waals surface area (Å²) in [6.07, 6.45) is -0.864. The molecule has 2 N–H and O–H groups in total. The van der Waals surface area contributed by atoms with Gasteiger partial charge in [0.05, 0.1) is 0 Å². The predicted molar refractivity (Wildman–Crippen MR) is 74.4 cm³/mol. The Labute approximate surface area is 112 Å². The maximum Gasteiger partial charge on any atom is 0.344 e. The maximum absolute atomic E-state index is 10.9. The summed E-state index contributed by atoms with van der Waals surface area (Å²) in [5, 5.41) is 14.2. The molecule has 0 aliphatic rings. The van der Waals surface area contributed by atoms with Gasteiger partial charge in [-0.25, -0.2) is 4.79 Å². The fraction of sp³-hybridized carbons (Fsp3) is 0.267. The highest BCUT2D eigenvalue weighted by Gasteiger charge is 2.16. The topological polar surface area (TPSA) is 58.6 Å². The van der Waals surface area contributed by atoms with Crippen LogP contribution in [-0.4, -0.2) is 24.2 Å². The summed E-state index contributed by atoms with van der Waals surface area (Å²) in [6.45, 7) is 2.16. The Balaban J connectivity index is 2.48.